The maximum atomic E-state index is 13.1. The molecule has 178 valence electrons. The second-order valence-electron chi connectivity index (χ2n) is 13.4. The second-order valence-corrected chi connectivity index (χ2v) is 13.4. The standard InChI is InChI=1S/C28H42O4/c1-25(2)13-19(14-26(3,4)17-25)31-23(29)21-11-9-10-12-22(21)24(30)32-20-15-27(5,6)18-28(7,8)16-20/h9-12,19-20H,13-18H2,1-8H3. The minimum Gasteiger partial charge on any atom is -0.459 e. The summed E-state index contributed by atoms with van der Waals surface area (Å²) in [4.78, 5) is 26.3. The molecule has 32 heavy (non-hydrogen) atoms. The van der Waals surface area contributed by atoms with Gasteiger partial charge in [-0.1, -0.05) is 67.5 Å². The highest BCUT2D eigenvalue weighted by Gasteiger charge is 2.42. The van der Waals surface area contributed by atoms with Crippen molar-refractivity contribution >= 4 is 11.9 Å². The predicted octanol–water partition coefficient (Wildman–Crippen LogP) is 7.21. The highest BCUT2D eigenvalue weighted by atomic mass is 16.6. The van der Waals surface area contributed by atoms with E-state index in [4.69, 9.17) is 9.47 Å². The summed E-state index contributed by atoms with van der Waals surface area (Å²) in [7, 11) is 0. The van der Waals surface area contributed by atoms with Crippen molar-refractivity contribution in [3.8, 4) is 0 Å². The lowest BCUT2D eigenvalue weighted by molar-refractivity contribution is -0.0318. The Bertz CT molecular complexity index is 759. The molecule has 4 heteroatoms. The van der Waals surface area contributed by atoms with Gasteiger partial charge in [-0.2, -0.15) is 0 Å². The first-order valence-corrected chi connectivity index (χ1v) is 12.1. The van der Waals surface area contributed by atoms with Crippen LogP contribution in [0.3, 0.4) is 0 Å². The molecule has 1 aromatic carbocycles. The number of carbonyl (C=O) groups excluding carboxylic acids is 2. The lowest BCUT2D eigenvalue weighted by Crippen LogP contribution is -2.39. The van der Waals surface area contributed by atoms with Crippen LogP contribution in [0, 0.1) is 21.7 Å². The molecule has 0 aromatic heterocycles. The molecule has 0 amide bonds. The third-order valence-electron chi connectivity index (χ3n) is 6.95. The molecule has 0 bridgehead atoms. The van der Waals surface area contributed by atoms with Crippen LogP contribution in [0.2, 0.25) is 0 Å². The van der Waals surface area contributed by atoms with Crippen LogP contribution in [-0.2, 0) is 9.47 Å². The molecule has 2 aliphatic carbocycles. The van der Waals surface area contributed by atoms with E-state index in [0.29, 0.717) is 11.1 Å². The molecular formula is C28H42O4. The van der Waals surface area contributed by atoms with E-state index in [0.717, 1.165) is 38.5 Å². The third kappa shape index (κ3) is 6.36. The van der Waals surface area contributed by atoms with E-state index >= 15 is 0 Å². The molecule has 0 unspecified atom stereocenters. The van der Waals surface area contributed by atoms with Crippen LogP contribution in [0.15, 0.2) is 24.3 Å². The van der Waals surface area contributed by atoms with Gasteiger partial charge >= 0.3 is 11.9 Å². The summed E-state index contributed by atoms with van der Waals surface area (Å²) in [6.45, 7) is 17.8. The van der Waals surface area contributed by atoms with Gasteiger partial charge in [-0.3, -0.25) is 0 Å². The van der Waals surface area contributed by atoms with Gasteiger partial charge < -0.3 is 9.47 Å². The van der Waals surface area contributed by atoms with Crippen LogP contribution in [0.5, 0.6) is 0 Å². The minimum atomic E-state index is -0.430. The first-order valence-electron chi connectivity index (χ1n) is 12.1. The minimum absolute atomic E-state index is 0.117. The highest BCUT2D eigenvalue weighted by Crippen LogP contribution is 2.48. The first kappa shape index (κ1) is 24.8. The number of ether oxygens (including phenoxy) is 2. The summed E-state index contributed by atoms with van der Waals surface area (Å²) in [6, 6.07) is 6.89. The van der Waals surface area contributed by atoms with Crippen LogP contribution >= 0.6 is 0 Å². The van der Waals surface area contributed by atoms with Gasteiger partial charge in [0, 0.05) is 0 Å². The fraction of sp³-hybridized carbons (Fsp3) is 0.714. The first-order chi connectivity index (χ1) is 14.6. The molecule has 3 rings (SSSR count). The molecule has 0 saturated heterocycles. The smallest absolute Gasteiger partial charge is 0.339 e. The summed E-state index contributed by atoms with van der Waals surface area (Å²) >= 11 is 0. The predicted molar refractivity (Wildman–Crippen MR) is 128 cm³/mol. The normalized spacial score (nSPS) is 24.5. The molecule has 0 atom stereocenters. The van der Waals surface area contributed by atoms with Gasteiger partial charge in [0.1, 0.15) is 12.2 Å². The van der Waals surface area contributed by atoms with Crippen molar-refractivity contribution in [2.45, 2.75) is 106 Å². The Labute approximate surface area is 194 Å². The van der Waals surface area contributed by atoms with E-state index in [2.05, 4.69) is 55.4 Å². The number of benzene rings is 1. The van der Waals surface area contributed by atoms with E-state index in [-0.39, 0.29) is 33.9 Å². The molecule has 2 saturated carbocycles. The molecule has 2 fully saturated rings. The van der Waals surface area contributed by atoms with Crippen molar-refractivity contribution < 1.29 is 19.1 Å². The number of carbonyl (C=O) groups is 2. The average molecular weight is 443 g/mol. The Hall–Kier alpha value is -1.84. The number of esters is 2. The van der Waals surface area contributed by atoms with Gasteiger partial charge in [0.25, 0.3) is 0 Å². The van der Waals surface area contributed by atoms with Gasteiger partial charge in [-0.05, 0) is 72.3 Å². The van der Waals surface area contributed by atoms with Crippen molar-refractivity contribution in [1.82, 2.24) is 0 Å². The largest absolute Gasteiger partial charge is 0.459 e. The van der Waals surface area contributed by atoms with Crippen molar-refractivity contribution in [1.29, 1.82) is 0 Å². The summed E-state index contributed by atoms with van der Waals surface area (Å²) in [5.41, 5.74) is 1.07. The summed E-state index contributed by atoms with van der Waals surface area (Å²) in [6.07, 6.45) is 5.25. The lowest BCUT2D eigenvalue weighted by Gasteiger charge is -2.44. The van der Waals surface area contributed by atoms with Crippen LogP contribution in [0.4, 0.5) is 0 Å². The summed E-state index contributed by atoms with van der Waals surface area (Å²) in [5, 5.41) is 0. The maximum absolute atomic E-state index is 13.1. The van der Waals surface area contributed by atoms with Crippen molar-refractivity contribution in [3.63, 3.8) is 0 Å². The van der Waals surface area contributed by atoms with Crippen LogP contribution in [0.1, 0.15) is 115 Å². The maximum Gasteiger partial charge on any atom is 0.339 e. The Morgan fingerprint density at radius 1 is 0.625 bits per heavy atom. The zero-order valence-corrected chi connectivity index (χ0v) is 21.3. The number of hydrogen-bond donors (Lipinski definition) is 0. The Morgan fingerprint density at radius 3 is 1.19 bits per heavy atom. The zero-order chi connectivity index (χ0) is 23.9. The third-order valence-corrected chi connectivity index (χ3v) is 6.95. The molecule has 0 spiro atoms. The van der Waals surface area contributed by atoms with E-state index in [1.54, 1.807) is 24.3 Å². The van der Waals surface area contributed by atoms with E-state index < -0.39 is 11.9 Å². The second kappa shape index (κ2) is 8.50. The number of hydrogen-bond acceptors (Lipinski definition) is 4. The Balaban J connectivity index is 1.74. The van der Waals surface area contributed by atoms with Gasteiger partial charge in [0.15, 0.2) is 0 Å². The SMILES string of the molecule is CC1(C)CC(OC(=O)c2ccccc2C(=O)OC2CC(C)(C)CC(C)(C)C2)CC(C)(C)C1. The van der Waals surface area contributed by atoms with Gasteiger partial charge in [0.2, 0.25) is 0 Å². The van der Waals surface area contributed by atoms with Gasteiger partial charge in [-0.25, -0.2) is 9.59 Å². The van der Waals surface area contributed by atoms with Gasteiger partial charge in [0.05, 0.1) is 11.1 Å². The zero-order valence-electron chi connectivity index (χ0n) is 21.3. The topological polar surface area (TPSA) is 52.6 Å². The lowest BCUT2D eigenvalue weighted by atomic mass is 9.64. The molecule has 0 heterocycles. The monoisotopic (exact) mass is 442 g/mol. The Kier molecular flexibility index (Phi) is 6.59. The molecule has 2 aliphatic rings. The van der Waals surface area contributed by atoms with E-state index in [1.165, 1.54) is 0 Å². The number of rotatable bonds is 4. The Morgan fingerprint density at radius 2 is 0.906 bits per heavy atom. The van der Waals surface area contributed by atoms with E-state index in [1.807, 2.05) is 0 Å². The summed E-state index contributed by atoms with van der Waals surface area (Å²) in [5.74, 6) is -0.860. The van der Waals surface area contributed by atoms with Crippen molar-refractivity contribution in [2.75, 3.05) is 0 Å². The molecule has 0 radical (unpaired) electrons. The van der Waals surface area contributed by atoms with Crippen LogP contribution < -0.4 is 0 Å². The molecule has 1 aromatic rings. The fourth-order valence-electron chi connectivity index (χ4n) is 6.92. The molecule has 4 nitrogen and oxygen atoms in total. The molecular weight excluding hydrogens is 400 g/mol. The van der Waals surface area contributed by atoms with Crippen molar-refractivity contribution in [3.05, 3.63) is 35.4 Å². The quantitative estimate of drug-likeness (QED) is 0.462. The molecule has 0 aliphatic heterocycles. The van der Waals surface area contributed by atoms with E-state index in [9.17, 15) is 9.59 Å². The van der Waals surface area contributed by atoms with Gasteiger partial charge in [-0.15, -0.1) is 0 Å². The average Bonchev–Trinajstić information content (AvgIpc) is 2.55. The molecule has 0 N–H and O–H groups in total. The summed E-state index contributed by atoms with van der Waals surface area (Å²) < 4.78 is 11.9. The van der Waals surface area contributed by atoms with Crippen molar-refractivity contribution in [2.24, 2.45) is 21.7 Å². The highest BCUT2D eigenvalue weighted by molar-refractivity contribution is 6.03. The van der Waals surface area contributed by atoms with Crippen LogP contribution in [0.25, 0.3) is 0 Å². The van der Waals surface area contributed by atoms with Crippen LogP contribution in [-0.4, -0.2) is 24.1 Å². The fourth-order valence-corrected chi connectivity index (χ4v) is 6.92.